The van der Waals surface area contributed by atoms with Gasteiger partial charge in [0.05, 0.1) is 22.5 Å². The summed E-state index contributed by atoms with van der Waals surface area (Å²) in [7, 11) is 0. The summed E-state index contributed by atoms with van der Waals surface area (Å²) >= 11 is 0. The number of rotatable bonds is 3. The van der Waals surface area contributed by atoms with Crippen LogP contribution in [0.5, 0.6) is 0 Å². The van der Waals surface area contributed by atoms with Crippen LogP contribution in [-0.4, -0.2) is 19.5 Å². The molecule has 0 unspecified atom stereocenters. The Balaban J connectivity index is 1.59. The summed E-state index contributed by atoms with van der Waals surface area (Å²) in [6, 6.07) is 29.4. The summed E-state index contributed by atoms with van der Waals surface area (Å²) in [5.74, 6) is 0.813. The van der Waals surface area contributed by atoms with E-state index in [-0.39, 0.29) is 0 Å². The van der Waals surface area contributed by atoms with Crippen LogP contribution in [0.1, 0.15) is 17.0 Å². The highest BCUT2D eigenvalue weighted by Crippen LogP contribution is 2.39. The van der Waals surface area contributed by atoms with Crippen LogP contribution in [0.25, 0.3) is 61.3 Å². The molecule has 37 heavy (non-hydrogen) atoms. The van der Waals surface area contributed by atoms with Crippen LogP contribution >= 0.6 is 0 Å². The van der Waals surface area contributed by atoms with Gasteiger partial charge in [-0.2, -0.15) is 0 Å². The molecule has 0 aliphatic carbocycles. The molecule has 0 radical (unpaired) electrons. The van der Waals surface area contributed by atoms with E-state index in [0.717, 1.165) is 72.5 Å². The van der Waals surface area contributed by atoms with Crippen molar-refractivity contribution in [1.82, 2.24) is 19.5 Å². The number of hydrogen-bond acceptors (Lipinski definition) is 4. The number of benzene rings is 3. The van der Waals surface area contributed by atoms with Gasteiger partial charge in [-0.25, -0.2) is 9.97 Å². The molecule has 3 aromatic carbocycles. The molecule has 0 saturated carbocycles. The predicted octanol–water partition coefficient (Wildman–Crippen LogP) is 7.97. The maximum atomic E-state index is 6.43. The molecular weight excluding hydrogens is 456 g/mol. The highest BCUT2D eigenvalue weighted by Gasteiger charge is 2.22. The average molecular weight is 481 g/mol. The van der Waals surface area contributed by atoms with E-state index in [2.05, 4.69) is 89.3 Å². The van der Waals surface area contributed by atoms with Crippen molar-refractivity contribution in [3.63, 3.8) is 0 Å². The van der Waals surface area contributed by atoms with E-state index in [1.807, 2.05) is 32.2 Å². The quantitative estimate of drug-likeness (QED) is 0.257. The third-order valence-corrected chi connectivity index (χ3v) is 7.16. The lowest BCUT2D eigenvalue weighted by Crippen LogP contribution is -2.00. The smallest absolute Gasteiger partial charge is 0.227 e. The SMILES string of the molecule is Cc1cc2c(nc1C)oc1c(-c3nc4c(C)nccc4n3-c3ccccc3-c3ccccc3)cccc12. The van der Waals surface area contributed by atoms with Gasteiger partial charge >= 0.3 is 0 Å². The molecule has 0 atom stereocenters. The van der Waals surface area contributed by atoms with E-state index >= 15 is 0 Å². The lowest BCUT2D eigenvalue weighted by Gasteiger charge is -2.15. The molecule has 0 aliphatic heterocycles. The second-order valence-electron chi connectivity index (χ2n) is 9.45. The fraction of sp³-hybridized carbons (Fsp3) is 0.0938. The molecule has 0 N–H and O–H groups in total. The first kappa shape index (κ1) is 21.5. The Bertz CT molecular complexity index is 1960. The Morgan fingerprint density at radius 3 is 2.35 bits per heavy atom. The minimum Gasteiger partial charge on any atom is -0.437 e. The fourth-order valence-corrected chi connectivity index (χ4v) is 5.17. The number of nitrogens with zero attached hydrogens (tertiary/aromatic N) is 4. The number of para-hydroxylation sites is 2. The Labute approximate surface area is 214 Å². The number of hydrogen-bond donors (Lipinski definition) is 0. The van der Waals surface area contributed by atoms with Gasteiger partial charge in [0.15, 0.2) is 0 Å². The number of imidazole rings is 1. The van der Waals surface area contributed by atoms with Gasteiger partial charge in [0, 0.05) is 28.2 Å². The van der Waals surface area contributed by atoms with Gasteiger partial charge in [0.25, 0.3) is 0 Å². The Morgan fingerprint density at radius 1 is 0.703 bits per heavy atom. The van der Waals surface area contributed by atoms with Gasteiger partial charge in [0.2, 0.25) is 5.71 Å². The summed E-state index contributed by atoms with van der Waals surface area (Å²) in [4.78, 5) is 14.4. The Hall–Kier alpha value is -4.77. The molecule has 4 heterocycles. The minimum atomic E-state index is 0.649. The van der Waals surface area contributed by atoms with E-state index in [1.54, 1.807) is 0 Å². The predicted molar refractivity (Wildman–Crippen MR) is 149 cm³/mol. The van der Waals surface area contributed by atoms with Gasteiger partial charge in [-0.1, -0.05) is 60.7 Å². The van der Waals surface area contributed by atoms with Crippen molar-refractivity contribution in [1.29, 1.82) is 0 Å². The zero-order valence-corrected chi connectivity index (χ0v) is 20.9. The maximum Gasteiger partial charge on any atom is 0.227 e. The van der Waals surface area contributed by atoms with Crippen molar-refractivity contribution in [2.45, 2.75) is 20.8 Å². The third-order valence-electron chi connectivity index (χ3n) is 7.16. The Kier molecular flexibility index (Phi) is 4.73. The lowest BCUT2D eigenvalue weighted by molar-refractivity contribution is 0.652. The second kappa shape index (κ2) is 8.14. The highest BCUT2D eigenvalue weighted by molar-refractivity contribution is 6.09. The molecule has 5 nitrogen and oxygen atoms in total. The molecule has 0 spiro atoms. The number of pyridine rings is 2. The average Bonchev–Trinajstić information content (AvgIpc) is 3.48. The molecule has 0 aliphatic rings. The van der Waals surface area contributed by atoms with Gasteiger partial charge in [-0.3, -0.25) is 9.55 Å². The first-order valence-electron chi connectivity index (χ1n) is 12.4. The normalized spacial score (nSPS) is 11.6. The number of aromatic nitrogens is 4. The van der Waals surface area contributed by atoms with Crippen molar-refractivity contribution < 1.29 is 4.42 Å². The van der Waals surface area contributed by atoms with Crippen molar-refractivity contribution in [3.8, 4) is 28.2 Å². The molecule has 5 heteroatoms. The van der Waals surface area contributed by atoms with E-state index in [0.29, 0.717) is 5.71 Å². The summed E-state index contributed by atoms with van der Waals surface area (Å²) in [5.41, 5.74) is 10.6. The molecule has 178 valence electrons. The first-order chi connectivity index (χ1) is 18.1. The lowest BCUT2D eigenvalue weighted by atomic mass is 10.0. The van der Waals surface area contributed by atoms with Crippen molar-refractivity contribution in [3.05, 3.63) is 108 Å². The zero-order chi connectivity index (χ0) is 25.1. The van der Waals surface area contributed by atoms with Gasteiger partial charge in [-0.05, 0) is 56.2 Å². The molecule has 7 aromatic rings. The van der Waals surface area contributed by atoms with E-state index in [1.165, 1.54) is 0 Å². The van der Waals surface area contributed by atoms with Gasteiger partial charge in [0.1, 0.15) is 16.9 Å². The summed E-state index contributed by atoms with van der Waals surface area (Å²) in [6.45, 7) is 6.10. The Morgan fingerprint density at radius 2 is 1.49 bits per heavy atom. The van der Waals surface area contributed by atoms with Crippen LogP contribution in [-0.2, 0) is 0 Å². The molecule has 0 fully saturated rings. The summed E-state index contributed by atoms with van der Waals surface area (Å²) in [6.07, 6.45) is 1.85. The summed E-state index contributed by atoms with van der Waals surface area (Å²) in [5, 5.41) is 2.05. The fourth-order valence-electron chi connectivity index (χ4n) is 5.17. The number of aryl methyl sites for hydroxylation is 3. The van der Waals surface area contributed by atoms with Crippen LogP contribution in [0, 0.1) is 20.8 Å². The highest BCUT2D eigenvalue weighted by atomic mass is 16.3. The molecule has 4 aromatic heterocycles. The largest absolute Gasteiger partial charge is 0.437 e. The standard InChI is InChI=1S/C32H24N4O/c1-19-18-26-24-13-9-14-25(30(24)37-32(26)34-20(19)2)31-35-29-21(3)33-17-16-28(29)36(31)27-15-8-7-12-23(27)22-10-5-4-6-11-22/h4-18H,1-3H3. The second-order valence-corrected chi connectivity index (χ2v) is 9.45. The molecule has 0 bridgehead atoms. The van der Waals surface area contributed by atoms with Crippen molar-refractivity contribution in [2.75, 3.05) is 0 Å². The third kappa shape index (κ3) is 3.28. The van der Waals surface area contributed by atoms with Crippen LogP contribution in [0.4, 0.5) is 0 Å². The van der Waals surface area contributed by atoms with Crippen molar-refractivity contribution in [2.24, 2.45) is 0 Å². The molecular formula is C32H24N4O. The van der Waals surface area contributed by atoms with E-state index < -0.39 is 0 Å². The number of fused-ring (bicyclic) bond motifs is 4. The van der Waals surface area contributed by atoms with Crippen molar-refractivity contribution >= 4 is 33.1 Å². The van der Waals surface area contributed by atoms with Crippen LogP contribution in [0.3, 0.4) is 0 Å². The molecule has 7 rings (SSSR count). The van der Waals surface area contributed by atoms with Gasteiger partial charge < -0.3 is 4.42 Å². The van der Waals surface area contributed by atoms with Crippen LogP contribution in [0.15, 0.2) is 95.5 Å². The molecule has 0 amide bonds. The van der Waals surface area contributed by atoms with Crippen LogP contribution < -0.4 is 0 Å². The maximum absolute atomic E-state index is 6.43. The van der Waals surface area contributed by atoms with Crippen LogP contribution in [0.2, 0.25) is 0 Å². The minimum absolute atomic E-state index is 0.649. The topological polar surface area (TPSA) is 56.7 Å². The van der Waals surface area contributed by atoms with Gasteiger partial charge in [-0.15, -0.1) is 0 Å². The zero-order valence-electron chi connectivity index (χ0n) is 20.9. The van der Waals surface area contributed by atoms with E-state index in [9.17, 15) is 0 Å². The number of furan rings is 1. The molecule has 0 saturated heterocycles. The summed E-state index contributed by atoms with van der Waals surface area (Å²) < 4.78 is 8.66. The first-order valence-corrected chi connectivity index (χ1v) is 12.4. The van der Waals surface area contributed by atoms with E-state index in [4.69, 9.17) is 14.4 Å². The monoisotopic (exact) mass is 480 g/mol.